The van der Waals surface area contributed by atoms with Crippen molar-refractivity contribution in [1.29, 1.82) is 0 Å². The minimum atomic E-state index is -4.16. The standard InChI is InChI=1S/C9H17NO2.CH4O4S/c1-5-8(11)12-7(2)6-9(3,4)10;1-5-6(2,3)4/h5,7H,1,6,10H2,2-4H3;1H3,(H,2,3,4). The molecule has 0 aromatic heterocycles. The number of esters is 1. The first kappa shape index (κ1) is 19.4. The first-order chi connectivity index (χ1) is 7.91. The molecule has 0 aromatic carbocycles. The average Bonchev–Trinajstić information content (AvgIpc) is 2.14. The van der Waals surface area contributed by atoms with Crippen LogP contribution in [-0.4, -0.2) is 37.7 Å². The summed E-state index contributed by atoms with van der Waals surface area (Å²) in [6.45, 7) is 8.91. The van der Waals surface area contributed by atoms with Gasteiger partial charge >= 0.3 is 16.4 Å². The van der Waals surface area contributed by atoms with Gasteiger partial charge in [-0.3, -0.25) is 8.74 Å². The zero-order chi connectivity index (χ0) is 15.0. The van der Waals surface area contributed by atoms with E-state index in [-0.39, 0.29) is 11.6 Å². The third kappa shape index (κ3) is 17.4. The molecule has 0 rings (SSSR count). The Kier molecular flexibility index (Phi) is 8.83. The summed E-state index contributed by atoms with van der Waals surface area (Å²) >= 11 is 0. The molecule has 1 atom stereocenters. The lowest BCUT2D eigenvalue weighted by Gasteiger charge is -2.22. The maximum Gasteiger partial charge on any atom is 0.397 e. The summed E-state index contributed by atoms with van der Waals surface area (Å²) in [5.41, 5.74) is 5.43. The molecular weight excluding hydrogens is 262 g/mol. The van der Waals surface area contributed by atoms with Gasteiger partial charge in [0.15, 0.2) is 0 Å². The Labute approximate surface area is 108 Å². The molecule has 0 radical (unpaired) electrons. The summed E-state index contributed by atoms with van der Waals surface area (Å²) < 4.78 is 34.6. The highest BCUT2D eigenvalue weighted by Crippen LogP contribution is 2.10. The van der Waals surface area contributed by atoms with Gasteiger partial charge in [0.1, 0.15) is 6.10 Å². The van der Waals surface area contributed by atoms with Crippen molar-refractivity contribution in [2.45, 2.75) is 38.8 Å². The van der Waals surface area contributed by atoms with Crippen LogP contribution in [0.2, 0.25) is 0 Å². The highest BCUT2D eigenvalue weighted by atomic mass is 32.3. The van der Waals surface area contributed by atoms with Gasteiger partial charge in [-0.1, -0.05) is 6.58 Å². The Morgan fingerprint density at radius 2 is 1.94 bits per heavy atom. The number of hydrogen-bond donors (Lipinski definition) is 2. The van der Waals surface area contributed by atoms with Crippen LogP contribution in [0.1, 0.15) is 27.2 Å². The summed E-state index contributed by atoms with van der Waals surface area (Å²) in [5, 5.41) is 0. The molecule has 0 aromatic rings. The third-order valence-electron chi connectivity index (χ3n) is 1.51. The molecule has 0 bridgehead atoms. The van der Waals surface area contributed by atoms with Gasteiger partial charge < -0.3 is 10.5 Å². The molecule has 0 saturated heterocycles. The second-order valence-corrected chi connectivity index (χ2v) is 5.43. The number of ether oxygens (including phenoxy) is 1. The van der Waals surface area contributed by atoms with Crippen LogP contribution in [0.15, 0.2) is 12.7 Å². The van der Waals surface area contributed by atoms with Crippen LogP contribution in [0.5, 0.6) is 0 Å². The van der Waals surface area contributed by atoms with E-state index < -0.39 is 16.4 Å². The zero-order valence-electron chi connectivity index (χ0n) is 11.0. The number of carbonyl (C=O) groups is 1. The second kappa shape index (κ2) is 8.20. The molecule has 108 valence electrons. The van der Waals surface area contributed by atoms with Gasteiger partial charge in [-0.25, -0.2) is 4.79 Å². The van der Waals surface area contributed by atoms with Crippen molar-refractivity contribution in [3.63, 3.8) is 0 Å². The molecule has 0 aliphatic carbocycles. The van der Waals surface area contributed by atoms with Crippen LogP contribution in [0.25, 0.3) is 0 Å². The fourth-order valence-corrected chi connectivity index (χ4v) is 1.03. The van der Waals surface area contributed by atoms with Gasteiger partial charge in [0.05, 0.1) is 7.11 Å². The molecule has 0 aliphatic heterocycles. The molecule has 1 unspecified atom stereocenters. The molecule has 7 nitrogen and oxygen atoms in total. The van der Waals surface area contributed by atoms with Crippen molar-refractivity contribution < 1.29 is 26.7 Å². The Balaban J connectivity index is 0. The first-order valence-electron chi connectivity index (χ1n) is 5.06. The van der Waals surface area contributed by atoms with E-state index in [0.29, 0.717) is 6.42 Å². The first-order valence-corrected chi connectivity index (χ1v) is 6.42. The van der Waals surface area contributed by atoms with Gasteiger partial charge in [0.2, 0.25) is 0 Å². The Morgan fingerprint density at radius 1 is 1.56 bits per heavy atom. The molecule has 3 N–H and O–H groups in total. The summed E-state index contributed by atoms with van der Waals surface area (Å²) in [7, 11) is -3.29. The molecule has 8 heteroatoms. The van der Waals surface area contributed by atoms with Gasteiger partial charge in [-0.2, -0.15) is 8.42 Å². The van der Waals surface area contributed by atoms with E-state index in [1.807, 2.05) is 20.8 Å². The van der Waals surface area contributed by atoms with Crippen molar-refractivity contribution in [2.24, 2.45) is 5.73 Å². The maximum atomic E-state index is 10.7. The molecule has 0 heterocycles. The molecular formula is C10H21NO6S. The number of hydrogen-bond acceptors (Lipinski definition) is 6. The van der Waals surface area contributed by atoms with Crippen LogP contribution in [0.3, 0.4) is 0 Å². The van der Waals surface area contributed by atoms with Crippen molar-refractivity contribution in [3.8, 4) is 0 Å². The fraction of sp³-hybridized carbons (Fsp3) is 0.700. The second-order valence-electron chi connectivity index (χ2n) is 4.24. The van der Waals surface area contributed by atoms with E-state index in [9.17, 15) is 13.2 Å². The Morgan fingerprint density at radius 3 is 2.17 bits per heavy atom. The molecule has 0 aliphatic rings. The Hall–Kier alpha value is -0.960. The molecule has 0 fully saturated rings. The summed E-state index contributed by atoms with van der Waals surface area (Å²) in [6, 6.07) is 0. The molecule has 0 saturated carbocycles. The zero-order valence-corrected chi connectivity index (χ0v) is 11.9. The van der Waals surface area contributed by atoms with Gasteiger partial charge in [-0.05, 0) is 20.8 Å². The topological polar surface area (TPSA) is 116 Å². The van der Waals surface area contributed by atoms with Crippen LogP contribution < -0.4 is 5.73 Å². The van der Waals surface area contributed by atoms with Crippen LogP contribution >= 0.6 is 0 Å². The van der Waals surface area contributed by atoms with E-state index in [2.05, 4.69) is 10.8 Å². The smallest absolute Gasteiger partial charge is 0.397 e. The number of rotatable bonds is 5. The lowest BCUT2D eigenvalue weighted by Crippen LogP contribution is -2.36. The van der Waals surface area contributed by atoms with Crippen LogP contribution in [-0.2, 0) is 24.1 Å². The van der Waals surface area contributed by atoms with Crippen molar-refractivity contribution in [2.75, 3.05) is 7.11 Å². The lowest BCUT2D eigenvalue weighted by molar-refractivity contribution is -0.142. The average molecular weight is 283 g/mol. The SMILES string of the molecule is C=CC(=O)OC(C)CC(C)(C)N.COS(=O)(=O)O. The highest BCUT2D eigenvalue weighted by Gasteiger charge is 2.17. The van der Waals surface area contributed by atoms with E-state index in [1.165, 1.54) is 0 Å². The Bertz CT molecular complexity index is 357. The predicted octanol–water partition coefficient (Wildman–Crippen LogP) is 0.667. The van der Waals surface area contributed by atoms with Crippen molar-refractivity contribution in [1.82, 2.24) is 0 Å². The molecule has 18 heavy (non-hydrogen) atoms. The molecule has 0 spiro atoms. The highest BCUT2D eigenvalue weighted by molar-refractivity contribution is 7.80. The van der Waals surface area contributed by atoms with Crippen LogP contribution in [0, 0.1) is 0 Å². The van der Waals surface area contributed by atoms with Crippen LogP contribution in [0.4, 0.5) is 0 Å². The monoisotopic (exact) mass is 283 g/mol. The minimum absolute atomic E-state index is 0.157. The van der Waals surface area contributed by atoms with Gasteiger partial charge in [0.25, 0.3) is 0 Å². The quantitative estimate of drug-likeness (QED) is 0.432. The maximum absolute atomic E-state index is 10.7. The van der Waals surface area contributed by atoms with E-state index in [0.717, 1.165) is 13.2 Å². The van der Waals surface area contributed by atoms with Crippen molar-refractivity contribution in [3.05, 3.63) is 12.7 Å². The van der Waals surface area contributed by atoms with Crippen molar-refractivity contribution >= 4 is 16.4 Å². The number of carbonyl (C=O) groups excluding carboxylic acids is 1. The van der Waals surface area contributed by atoms with E-state index in [1.54, 1.807) is 0 Å². The number of nitrogens with two attached hydrogens (primary N) is 1. The van der Waals surface area contributed by atoms with E-state index >= 15 is 0 Å². The predicted molar refractivity (Wildman–Crippen MR) is 67.2 cm³/mol. The fourth-order valence-electron chi connectivity index (χ4n) is 1.03. The summed E-state index contributed by atoms with van der Waals surface area (Å²) in [5.74, 6) is -0.397. The van der Waals surface area contributed by atoms with Gasteiger partial charge in [-0.15, -0.1) is 0 Å². The van der Waals surface area contributed by atoms with Gasteiger partial charge in [0, 0.05) is 18.0 Å². The normalized spacial score (nSPS) is 13.0. The summed E-state index contributed by atoms with van der Waals surface area (Å²) in [6.07, 6.45) is 1.64. The lowest BCUT2D eigenvalue weighted by atomic mass is 9.99. The third-order valence-corrected chi connectivity index (χ3v) is 1.93. The minimum Gasteiger partial charge on any atom is -0.459 e. The summed E-state index contributed by atoms with van der Waals surface area (Å²) in [4.78, 5) is 10.7. The molecule has 0 amide bonds. The largest absolute Gasteiger partial charge is 0.459 e. The van der Waals surface area contributed by atoms with E-state index in [4.69, 9.17) is 15.0 Å².